The second-order valence-electron chi connectivity index (χ2n) is 6.91. The number of pyridine rings is 2. The van der Waals surface area contributed by atoms with Crippen molar-refractivity contribution in [1.29, 1.82) is 0 Å². The molecule has 0 radical (unpaired) electrons. The van der Waals surface area contributed by atoms with Gasteiger partial charge in [-0.2, -0.15) is 13.5 Å². The molecule has 0 unspecified atom stereocenters. The zero-order valence-electron chi connectivity index (χ0n) is 17.0. The minimum Gasteiger partial charge on any atom is -0.618 e. The number of ether oxygens (including phenoxy) is 2. The van der Waals surface area contributed by atoms with E-state index in [4.69, 9.17) is 9.47 Å². The Morgan fingerprint density at radius 2 is 2.00 bits per heavy atom. The monoisotopic (exact) mass is 502 g/mol. The first-order valence-electron chi connectivity index (χ1n) is 9.42. The summed E-state index contributed by atoms with van der Waals surface area (Å²) >= 11 is 3.45. The first-order chi connectivity index (χ1) is 15.4. The Morgan fingerprint density at radius 1 is 1.19 bits per heavy atom. The van der Waals surface area contributed by atoms with Crippen LogP contribution in [0.3, 0.4) is 0 Å². The Morgan fingerprint density at radius 3 is 2.69 bits per heavy atom. The Hall–Kier alpha value is -3.53. The molecule has 1 N–H and O–H groups in total. The molecule has 7 nitrogen and oxygen atoms in total. The summed E-state index contributed by atoms with van der Waals surface area (Å²) in [7, 11) is 1.50. The van der Waals surface area contributed by atoms with Crippen LogP contribution in [0.2, 0.25) is 0 Å². The van der Waals surface area contributed by atoms with E-state index in [9.17, 15) is 14.0 Å². The van der Waals surface area contributed by atoms with E-state index in [0.717, 1.165) is 0 Å². The Balaban J connectivity index is 1.60. The smallest absolute Gasteiger partial charge is 0.266 e. The molecule has 0 saturated heterocycles. The molecule has 0 bridgehead atoms. The van der Waals surface area contributed by atoms with E-state index in [2.05, 4.69) is 30.9 Å². The van der Waals surface area contributed by atoms with Crippen LogP contribution in [0.15, 0.2) is 53.4 Å². The lowest BCUT2D eigenvalue weighted by molar-refractivity contribution is -0.618. The summed E-state index contributed by atoms with van der Waals surface area (Å²) in [6, 6.07) is 9.12. The summed E-state index contributed by atoms with van der Waals surface area (Å²) in [5.74, 6) is 0.131. The first-order valence-corrected chi connectivity index (χ1v) is 10.2. The predicted octanol–water partition coefficient (Wildman–Crippen LogP) is 4.71. The minimum atomic E-state index is -0.633. The van der Waals surface area contributed by atoms with Crippen molar-refractivity contribution in [2.75, 3.05) is 7.11 Å². The molecule has 0 saturated carbocycles. The van der Waals surface area contributed by atoms with Gasteiger partial charge in [0.25, 0.3) is 5.69 Å². The Bertz CT molecular complexity index is 1260. The lowest BCUT2D eigenvalue weighted by Crippen LogP contribution is -2.34. The van der Waals surface area contributed by atoms with Crippen LogP contribution in [0.4, 0.5) is 8.78 Å². The number of hydrogen-bond donors (Lipinski definition) is 1. The average Bonchev–Trinajstić information content (AvgIpc) is 3.14. The summed E-state index contributed by atoms with van der Waals surface area (Å²) in [6.07, 6.45) is 2.67. The van der Waals surface area contributed by atoms with Crippen LogP contribution in [0.5, 0.6) is 11.5 Å². The van der Waals surface area contributed by atoms with Crippen LogP contribution >= 0.6 is 15.9 Å². The van der Waals surface area contributed by atoms with Gasteiger partial charge in [-0.25, -0.2) is 9.97 Å². The van der Waals surface area contributed by atoms with Gasteiger partial charge in [-0.05, 0) is 53.2 Å². The summed E-state index contributed by atoms with van der Waals surface area (Å²) in [4.78, 5) is 11.3. The van der Waals surface area contributed by atoms with Crippen LogP contribution in [0, 0.1) is 23.9 Å². The molecule has 4 rings (SSSR count). The molecule has 3 aromatic heterocycles. The van der Waals surface area contributed by atoms with E-state index in [1.54, 1.807) is 31.2 Å². The standard InChI is InChI=1S/C22H17BrF2N4O3/c1-12-7-16(24)17(29(30)10-12)11-32-14-4-5-15(18(8-14)31-2)20-21(23)28-22(27-20)13-3-6-19(25)26-9-13/h3-10H,11H2,1-2H3,(H,27,28). The molecule has 0 aliphatic rings. The van der Waals surface area contributed by atoms with Crippen molar-refractivity contribution in [2.45, 2.75) is 13.5 Å². The number of methoxy groups -OCH3 is 1. The maximum Gasteiger partial charge on any atom is 0.266 e. The number of aromatic amines is 1. The van der Waals surface area contributed by atoms with Gasteiger partial charge in [0, 0.05) is 29.0 Å². The summed E-state index contributed by atoms with van der Waals surface area (Å²) in [5, 5.41) is 11.9. The van der Waals surface area contributed by atoms with Gasteiger partial charge in [0.1, 0.15) is 27.6 Å². The second-order valence-corrected chi connectivity index (χ2v) is 7.70. The number of hydrogen-bond acceptors (Lipinski definition) is 5. The molecule has 0 atom stereocenters. The number of rotatable bonds is 6. The average molecular weight is 503 g/mol. The number of aromatic nitrogens is 4. The molecule has 4 aromatic rings. The fourth-order valence-corrected chi connectivity index (χ4v) is 3.60. The van der Waals surface area contributed by atoms with E-state index in [1.165, 1.54) is 31.6 Å². The molecule has 0 spiro atoms. The highest BCUT2D eigenvalue weighted by Crippen LogP contribution is 2.37. The number of nitrogens with one attached hydrogen (secondary N) is 1. The highest BCUT2D eigenvalue weighted by molar-refractivity contribution is 9.10. The molecule has 0 aliphatic heterocycles. The Labute approximate surface area is 190 Å². The molecule has 0 amide bonds. The van der Waals surface area contributed by atoms with Crippen LogP contribution in [0.1, 0.15) is 11.3 Å². The number of benzene rings is 1. The maximum absolute atomic E-state index is 14.1. The molecule has 10 heteroatoms. The van der Waals surface area contributed by atoms with E-state index in [-0.39, 0.29) is 12.3 Å². The van der Waals surface area contributed by atoms with E-state index in [0.29, 0.717) is 49.0 Å². The van der Waals surface area contributed by atoms with E-state index >= 15 is 0 Å². The fraction of sp³-hybridized carbons (Fsp3) is 0.136. The van der Waals surface area contributed by atoms with Crippen molar-refractivity contribution in [3.8, 4) is 34.1 Å². The molecule has 0 aliphatic carbocycles. The largest absolute Gasteiger partial charge is 0.618 e. The van der Waals surface area contributed by atoms with Gasteiger partial charge in [0.05, 0.1) is 7.11 Å². The number of aryl methyl sites for hydroxylation is 1. The summed E-state index contributed by atoms with van der Waals surface area (Å²) < 4.78 is 39.3. The SMILES string of the molecule is COc1cc(OCc2c(F)cc(C)c[n+]2[O-])ccc1-c1nc(-c2ccc(F)nc2)[nH]c1Br. The lowest BCUT2D eigenvalue weighted by atomic mass is 10.1. The van der Waals surface area contributed by atoms with Gasteiger partial charge in [0.2, 0.25) is 5.95 Å². The highest BCUT2D eigenvalue weighted by Gasteiger charge is 2.18. The summed E-state index contributed by atoms with van der Waals surface area (Å²) in [6.45, 7) is 1.39. The van der Waals surface area contributed by atoms with Gasteiger partial charge in [-0.15, -0.1) is 0 Å². The third-order valence-electron chi connectivity index (χ3n) is 4.68. The predicted molar refractivity (Wildman–Crippen MR) is 116 cm³/mol. The summed E-state index contributed by atoms with van der Waals surface area (Å²) in [5.41, 5.74) is 2.24. The number of H-pyrrole nitrogens is 1. The maximum atomic E-state index is 14.1. The van der Waals surface area contributed by atoms with Gasteiger partial charge in [-0.3, -0.25) is 0 Å². The number of imidazole rings is 1. The van der Waals surface area contributed by atoms with Crippen molar-refractivity contribution in [3.05, 3.63) is 81.6 Å². The fourth-order valence-electron chi connectivity index (χ4n) is 3.11. The second kappa shape index (κ2) is 8.91. The molecule has 0 fully saturated rings. The zero-order valence-corrected chi connectivity index (χ0v) is 18.6. The van der Waals surface area contributed by atoms with Crippen LogP contribution in [-0.4, -0.2) is 22.1 Å². The number of nitrogens with zero attached hydrogens (tertiary/aromatic N) is 3. The van der Waals surface area contributed by atoms with Gasteiger partial charge in [0.15, 0.2) is 18.6 Å². The first kappa shape index (κ1) is 21.7. The minimum absolute atomic E-state index is 0.119. The van der Waals surface area contributed by atoms with Crippen molar-refractivity contribution >= 4 is 15.9 Å². The molecule has 1 aromatic carbocycles. The third-order valence-corrected chi connectivity index (χ3v) is 5.25. The van der Waals surface area contributed by atoms with Crippen molar-refractivity contribution < 1.29 is 23.0 Å². The van der Waals surface area contributed by atoms with E-state index < -0.39 is 11.8 Å². The van der Waals surface area contributed by atoms with E-state index in [1.807, 2.05) is 0 Å². The van der Waals surface area contributed by atoms with Crippen LogP contribution in [0.25, 0.3) is 22.6 Å². The molecular weight excluding hydrogens is 486 g/mol. The zero-order chi connectivity index (χ0) is 22.8. The number of halogens is 3. The normalized spacial score (nSPS) is 10.9. The van der Waals surface area contributed by atoms with Crippen molar-refractivity contribution in [3.63, 3.8) is 0 Å². The lowest BCUT2D eigenvalue weighted by Gasteiger charge is -2.12. The van der Waals surface area contributed by atoms with Gasteiger partial charge >= 0.3 is 0 Å². The van der Waals surface area contributed by atoms with Gasteiger partial charge in [-0.1, -0.05) is 0 Å². The van der Waals surface area contributed by atoms with Gasteiger partial charge < -0.3 is 19.7 Å². The van der Waals surface area contributed by atoms with Crippen molar-refractivity contribution in [1.82, 2.24) is 15.0 Å². The van der Waals surface area contributed by atoms with Crippen LogP contribution in [-0.2, 0) is 6.61 Å². The molecule has 32 heavy (non-hydrogen) atoms. The molecule has 164 valence electrons. The van der Waals surface area contributed by atoms with Crippen molar-refractivity contribution in [2.24, 2.45) is 0 Å². The molecule has 3 heterocycles. The van der Waals surface area contributed by atoms with Crippen LogP contribution < -0.4 is 14.2 Å². The quantitative estimate of drug-likeness (QED) is 0.234. The third kappa shape index (κ3) is 4.40. The Kier molecular flexibility index (Phi) is 6.04. The highest BCUT2D eigenvalue weighted by atomic mass is 79.9. The molecular formula is C22H17BrF2N4O3. The topological polar surface area (TPSA) is 87.0 Å².